The van der Waals surface area contributed by atoms with E-state index in [-0.39, 0.29) is 10.6 Å². The molecule has 2 rings (SSSR count). The Morgan fingerprint density at radius 1 is 1.32 bits per heavy atom. The monoisotopic (exact) mass is 280 g/mol. The molecule has 19 heavy (non-hydrogen) atoms. The van der Waals surface area contributed by atoms with Gasteiger partial charge in [0.2, 0.25) is 10.0 Å². The van der Waals surface area contributed by atoms with Crippen LogP contribution in [0.1, 0.15) is 12.6 Å². The van der Waals surface area contributed by atoms with E-state index in [9.17, 15) is 8.42 Å². The van der Waals surface area contributed by atoms with Crippen molar-refractivity contribution in [1.82, 2.24) is 14.2 Å². The van der Waals surface area contributed by atoms with Crippen LogP contribution < -0.4 is 0 Å². The van der Waals surface area contributed by atoms with Gasteiger partial charge in [-0.05, 0) is 18.7 Å². The Morgan fingerprint density at radius 3 is 2.47 bits per heavy atom. The Bertz CT molecular complexity index is 569. The van der Waals surface area contributed by atoms with Crippen LogP contribution in [0, 0.1) is 11.3 Å². The van der Waals surface area contributed by atoms with Gasteiger partial charge in [0.1, 0.15) is 16.7 Å². The minimum atomic E-state index is -3.48. The lowest BCUT2D eigenvalue weighted by Gasteiger charge is -2.33. The number of aromatic nitrogens is 1. The highest BCUT2D eigenvalue weighted by Gasteiger charge is 2.28. The summed E-state index contributed by atoms with van der Waals surface area (Å²) in [4.78, 5) is 6.17. The first-order valence-corrected chi connectivity index (χ1v) is 7.60. The Hall–Kier alpha value is -1.49. The van der Waals surface area contributed by atoms with Crippen molar-refractivity contribution in [2.45, 2.75) is 11.8 Å². The highest BCUT2D eigenvalue weighted by atomic mass is 32.2. The lowest BCUT2D eigenvalue weighted by atomic mass is 10.4. The number of piperazine rings is 1. The number of pyridine rings is 1. The molecule has 1 saturated heterocycles. The van der Waals surface area contributed by atoms with Crippen molar-refractivity contribution in [3.8, 4) is 6.07 Å². The number of hydrogen-bond acceptors (Lipinski definition) is 5. The second kappa shape index (κ2) is 5.65. The molecule has 0 aliphatic carbocycles. The van der Waals surface area contributed by atoms with Crippen LogP contribution in [0.25, 0.3) is 0 Å². The molecule has 0 bridgehead atoms. The number of hydrogen-bond donors (Lipinski definition) is 0. The van der Waals surface area contributed by atoms with Gasteiger partial charge in [-0.1, -0.05) is 6.92 Å². The lowest BCUT2D eigenvalue weighted by molar-refractivity contribution is 0.196. The summed E-state index contributed by atoms with van der Waals surface area (Å²) in [5, 5.41) is 8.66. The average Bonchev–Trinajstić information content (AvgIpc) is 2.47. The van der Waals surface area contributed by atoms with E-state index in [1.165, 1.54) is 22.6 Å². The van der Waals surface area contributed by atoms with Crippen molar-refractivity contribution >= 4 is 10.0 Å². The predicted octanol–water partition coefficient (Wildman–Crippen LogP) is 0.279. The summed E-state index contributed by atoms with van der Waals surface area (Å²) in [6.07, 6.45) is 1.25. The Labute approximate surface area is 113 Å². The second-order valence-electron chi connectivity index (χ2n) is 4.33. The number of nitrogens with zero attached hydrogens (tertiary/aromatic N) is 4. The SMILES string of the molecule is CCN1CCN(S(=O)(=O)c2ccc(C#N)nc2)CC1. The van der Waals surface area contributed by atoms with Crippen LogP contribution in [-0.2, 0) is 10.0 Å². The number of nitriles is 1. The summed E-state index contributed by atoms with van der Waals surface area (Å²) in [6, 6.07) is 4.74. The molecule has 1 fully saturated rings. The zero-order valence-corrected chi connectivity index (χ0v) is 11.6. The fraction of sp³-hybridized carbons (Fsp3) is 0.500. The molecule has 0 radical (unpaired) electrons. The molecule has 6 nitrogen and oxygen atoms in total. The number of sulfonamides is 1. The van der Waals surface area contributed by atoms with Crippen LogP contribution in [0.2, 0.25) is 0 Å². The van der Waals surface area contributed by atoms with Crippen molar-refractivity contribution in [1.29, 1.82) is 5.26 Å². The molecule has 0 N–H and O–H groups in total. The summed E-state index contributed by atoms with van der Waals surface area (Å²) in [6.45, 7) is 5.49. The Balaban J connectivity index is 2.16. The molecule has 0 spiro atoms. The normalized spacial score (nSPS) is 18.1. The molecular formula is C12H16N4O2S. The minimum Gasteiger partial charge on any atom is -0.301 e. The summed E-state index contributed by atoms with van der Waals surface area (Å²) in [5.41, 5.74) is 0.217. The molecule has 1 aliphatic rings. The molecule has 102 valence electrons. The van der Waals surface area contributed by atoms with Crippen molar-refractivity contribution in [3.05, 3.63) is 24.0 Å². The number of rotatable bonds is 3. The lowest BCUT2D eigenvalue weighted by Crippen LogP contribution is -2.48. The maximum atomic E-state index is 12.4. The van der Waals surface area contributed by atoms with Gasteiger partial charge in [-0.3, -0.25) is 0 Å². The molecule has 0 amide bonds. The Kier molecular flexibility index (Phi) is 4.14. The van der Waals surface area contributed by atoms with Crippen LogP contribution in [0.4, 0.5) is 0 Å². The van der Waals surface area contributed by atoms with Gasteiger partial charge in [-0.25, -0.2) is 13.4 Å². The van der Waals surface area contributed by atoms with E-state index in [4.69, 9.17) is 5.26 Å². The van der Waals surface area contributed by atoms with Crippen LogP contribution >= 0.6 is 0 Å². The van der Waals surface area contributed by atoms with Gasteiger partial charge in [0.05, 0.1) is 0 Å². The molecule has 0 saturated carbocycles. The van der Waals surface area contributed by atoms with Gasteiger partial charge in [0, 0.05) is 32.4 Å². The van der Waals surface area contributed by atoms with Gasteiger partial charge >= 0.3 is 0 Å². The van der Waals surface area contributed by atoms with Crippen molar-refractivity contribution in [2.24, 2.45) is 0 Å². The molecule has 1 aromatic heterocycles. The third kappa shape index (κ3) is 2.92. The minimum absolute atomic E-state index is 0.149. The first-order chi connectivity index (χ1) is 9.07. The summed E-state index contributed by atoms with van der Waals surface area (Å²) in [5.74, 6) is 0. The first-order valence-electron chi connectivity index (χ1n) is 6.16. The van der Waals surface area contributed by atoms with Crippen LogP contribution in [0.5, 0.6) is 0 Å². The first kappa shape index (κ1) is 13.9. The molecule has 0 atom stereocenters. The van der Waals surface area contributed by atoms with Crippen LogP contribution in [-0.4, -0.2) is 55.3 Å². The molecule has 2 heterocycles. The van der Waals surface area contributed by atoms with Gasteiger partial charge in [-0.2, -0.15) is 9.57 Å². The van der Waals surface area contributed by atoms with Crippen molar-refractivity contribution in [3.63, 3.8) is 0 Å². The van der Waals surface area contributed by atoms with Gasteiger partial charge in [0.25, 0.3) is 0 Å². The predicted molar refractivity (Wildman–Crippen MR) is 69.8 cm³/mol. The quantitative estimate of drug-likeness (QED) is 0.794. The third-order valence-corrected chi connectivity index (χ3v) is 5.15. The maximum absolute atomic E-state index is 12.4. The molecule has 1 aromatic rings. The summed E-state index contributed by atoms with van der Waals surface area (Å²) >= 11 is 0. The number of likely N-dealkylation sites (N-methyl/N-ethyl adjacent to an activating group) is 1. The van der Waals surface area contributed by atoms with E-state index in [2.05, 4.69) is 16.8 Å². The summed E-state index contributed by atoms with van der Waals surface area (Å²) < 4.78 is 26.2. The van der Waals surface area contributed by atoms with Crippen LogP contribution in [0.3, 0.4) is 0 Å². The molecule has 0 unspecified atom stereocenters. The zero-order chi connectivity index (χ0) is 13.9. The average molecular weight is 280 g/mol. The fourth-order valence-electron chi connectivity index (χ4n) is 2.03. The van der Waals surface area contributed by atoms with Crippen LogP contribution in [0.15, 0.2) is 23.2 Å². The largest absolute Gasteiger partial charge is 0.301 e. The van der Waals surface area contributed by atoms with E-state index >= 15 is 0 Å². The summed E-state index contributed by atoms with van der Waals surface area (Å²) in [7, 11) is -3.48. The van der Waals surface area contributed by atoms with E-state index in [1.54, 1.807) is 0 Å². The third-order valence-electron chi connectivity index (χ3n) is 3.27. The van der Waals surface area contributed by atoms with E-state index in [0.717, 1.165) is 19.6 Å². The zero-order valence-electron chi connectivity index (χ0n) is 10.8. The van der Waals surface area contributed by atoms with E-state index in [1.807, 2.05) is 6.07 Å². The van der Waals surface area contributed by atoms with Crippen molar-refractivity contribution in [2.75, 3.05) is 32.7 Å². The van der Waals surface area contributed by atoms with Gasteiger partial charge in [0.15, 0.2) is 0 Å². The maximum Gasteiger partial charge on any atom is 0.244 e. The van der Waals surface area contributed by atoms with E-state index in [0.29, 0.717) is 13.1 Å². The Morgan fingerprint density at radius 2 is 2.00 bits per heavy atom. The fourth-order valence-corrected chi connectivity index (χ4v) is 3.40. The molecule has 1 aliphatic heterocycles. The van der Waals surface area contributed by atoms with Gasteiger partial charge in [-0.15, -0.1) is 0 Å². The molecular weight excluding hydrogens is 264 g/mol. The van der Waals surface area contributed by atoms with E-state index < -0.39 is 10.0 Å². The smallest absolute Gasteiger partial charge is 0.244 e. The topological polar surface area (TPSA) is 77.3 Å². The molecule has 0 aromatic carbocycles. The van der Waals surface area contributed by atoms with Crippen molar-refractivity contribution < 1.29 is 8.42 Å². The van der Waals surface area contributed by atoms with Gasteiger partial charge < -0.3 is 4.90 Å². The highest BCUT2D eigenvalue weighted by molar-refractivity contribution is 7.89. The standard InChI is InChI=1S/C12H16N4O2S/c1-2-15-5-7-16(8-6-15)19(17,18)12-4-3-11(9-13)14-10-12/h3-4,10H,2,5-8H2,1H3. The highest BCUT2D eigenvalue weighted by Crippen LogP contribution is 2.16. The molecule has 7 heteroatoms. The second-order valence-corrected chi connectivity index (χ2v) is 6.27.